The fourth-order valence-corrected chi connectivity index (χ4v) is 3.53. The van der Waals surface area contributed by atoms with Crippen molar-refractivity contribution in [3.63, 3.8) is 0 Å². The molecule has 0 aromatic rings. The molecule has 0 saturated carbocycles. The quantitative estimate of drug-likeness (QED) is 0.712. The molecule has 1 rings (SSSR count). The fraction of sp³-hybridized carbons (Fsp3) is 1.00. The number of hydrogen-bond acceptors (Lipinski definition) is 2. The normalized spacial score (nSPS) is 19.7. The minimum absolute atomic E-state index is 0.0491. The molecule has 18 heavy (non-hydrogen) atoms. The summed E-state index contributed by atoms with van der Waals surface area (Å²) in [4.78, 5) is 2.56. The molecule has 0 aromatic carbocycles. The van der Waals surface area contributed by atoms with Gasteiger partial charge in [-0.1, -0.05) is 40.5 Å². The lowest BCUT2D eigenvalue weighted by Crippen LogP contribution is -2.55. The Hall–Kier alpha value is -0.0800. The van der Waals surface area contributed by atoms with Gasteiger partial charge >= 0.3 is 0 Å². The molecule has 0 radical (unpaired) electrons. The van der Waals surface area contributed by atoms with Crippen LogP contribution < -0.4 is 0 Å². The molecule has 2 nitrogen and oxygen atoms in total. The van der Waals surface area contributed by atoms with Crippen LogP contribution in [0.3, 0.4) is 0 Å². The largest absolute Gasteiger partial charge is 0.391 e. The van der Waals surface area contributed by atoms with Crippen molar-refractivity contribution >= 4 is 0 Å². The molecule has 2 heteroatoms. The molecular formula is C16H33NO. The molecule has 0 aliphatic carbocycles. The zero-order valence-corrected chi connectivity index (χ0v) is 12.9. The topological polar surface area (TPSA) is 23.5 Å². The third kappa shape index (κ3) is 3.71. The number of rotatable bonds is 8. The van der Waals surface area contributed by atoms with Crippen LogP contribution in [0.4, 0.5) is 0 Å². The van der Waals surface area contributed by atoms with Crippen LogP contribution in [-0.4, -0.2) is 34.7 Å². The Labute approximate surface area is 114 Å². The lowest BCUT2D eigenvalue weighted by molar-refractivity contribution is -0.0329. The summed E-state index contributed by atoms with van der Waals surface area (Å²) in [7, 11) is 0. The number of likely N-dealkylation sites (tertiary alicyclic amines) is 1. The standard InChI is InChI=1S/C16H33NO/c1-5-16(6-2,17-12-7-8-13-17)15(18)11-9-10-14(3)4/h14-15,18H,5-13H2,1-4H3. The Morgan fingerprint density at radius 1 is 1.06 bits per heavy atom. The van der Waals surface area contributed by atoms with Gasteiger partial charge in [0.05, 0.1) is 6.10 Å². The van der Waals surface area contributed by atoms with Gasteiger partial charge < -0.3 is 5.11 Å². The van der Waals surface area contributed by atoms with E-state index in [4.69, 9.17) is 0 Å². The average molecular weight is 255 g/mol. The van der Waals surface area contributed by atoms with E-state index in [-0.39, 0.29) is 11.6 Å². The molecule has 1 heterocycles. The van der Waals surface area contributed by atoms with Gasteiger partial charge in [0, 0.05) is 5.54 Å². The van der Waals surface area contributed by atoms with E-state index >= 15 is 0 Å². The van der Waals surface area contributed by atoms with Crippen molar-refractivity contribution in [2.24, 2.45) is 5.92 Å². The van der Waals surface area contributed by atoms with Gasteiger partial charge in [0.15, 0.2) is 0 Å². The molecule has 0 amide bonds. The van der Waals surface area contributed by atoms with Crippen LogP contribution in [0, 0.1) is 5.92 Å². The van der Waals surface area contributed by atoms with Gasteiger partial charge in [0.25, 0.3) is 0 Å². The molecular weight excluding hydrogens is 222 g/mol. The second-order valence-electron chi connectivity index (χ2n) is 6.35. The maximum absolute atomic E-state index is 10.7. The van der Waals surface area contributed by atoms with Gasteiger partial charge in [0.1, 0.15) is 0 Å². The van der Waals surface area contributed by atoms with Crippen LogP contribution in [0.15, 0.2) is 0 Å². The third-order valence-corrected chi connectivity index (χ3v) is 4.84. The molecule has 1 fully saturated rings. The molecule has 108 valence electrons. The van der Waals surface area contributed by atoms with Crippen LogP contribution in [0.5, 0.6) is 0 Å². The summed E-state index contributed by atoms with van der Waals surface area (Å²) in [5.41, 5.74) is 0.0491. The molecule has 0 bridgehead atoms. The predicted octanol–water partition coefficient (Wildman–Crippen LogP) is 3.83. The Morgan fingerprint density at radius 3 is 2.06 bits per heavy atom. The second-order valence-corrected chi connectivity index (χ2v) is 6.35. The summed E-state index contributed by atoms with van der Waals surface area (Å²) in [6.45, 7) is 11.4. The first-order valence-electron chi connectivity index (χ1n) is 8.00. The highest BCUT2D eigenvalue weighted by molar-refractivity contribution is 4.96. The molecule has 1 unspecified atom stereocenters. The van der Waals surface area contributed by atoms with Crippen molar-refractivity contribution in [3.8, 4) is 0 Å². The monoisotopic (exact) mass is 255 g/mol. The highest BCUT2D eigenvalue weighted by Crippen LogP contribution is 2.33. The van der Waals surface area contributed by atoms with Crippen molar-refractivity contribution in [1.82, 2.24) is 4.90 Å². The summed E-state index contributed by atoms with van der Waals surface area (Å²) < 4.78 is 0. The number of hydrogen-bond donors (Lipinski definition) is 1. The van der Waals surface area contributed by atoms with Gasteiger partial charge in [-0.15, -0.1) is 0 Å². The predicted molar refractivity (Wildman–Crippen MR) is 78.8 cm³/mol. The maximum Gasteiger partial charge on any atom is 0.0723 e. The van der Waals surface area contributed by atoms with E-state index in [9.17, 15) is 5.11 Å². The summed E-state index contributed by atoms with van der Waals surface area (Å²) in [6, 6.07) is 0. The summed E-state index contributed by atoms with van der Waals surface area (Å²) >= 11 is 0. The van der Waals surface area contributed by atoms with E-state index in [1.165, 1.54) is 32.4 Å². The third-order valence-electron chi connectivity index (χ3n) is 4.84. The fourth-order valence-electron chi connectivity index (χ4n) is 3.53. The Bertz CT molecular complexity index is 217. The highest BCUT2D eigenvalue weighted by atomic mass is 16.3. The van der Waals surface area contributed by atoms with Gasteiger partial charge in [-0.05, 0) is 51.1 Å². The number of nitrogens with zero attached hydrogens (tertiary/aromatic N) is 1. The van der Waals surface area contributed by atoms with E-state index < -0.39 is 0 Å². The maximum atomic E-state index is 10.7. The molecule has 1 N–H and O–H groups in total. The van der Waals surface area contributed by atoms with Crippen LogP contribution >= 0.6 is 0 Å². The Balaban J connectivity index is 2.58. The first-order chi connectivity index (χ1) is 8.56. The van der Waals surface area contributed by atoms with Crippen LogP contribution in [0.25, 0.3) is 0 Å². The van der Waals surface area contributed by atoms with E-state index in [0.717, 1.165) is 31.6 Å². The van der Waals surface area contributed by atoms with Crippen LogP contribution in [0.2, 0.25) is 0 Å². The first-order valence-corrected chi connectivity index (χ1v) is 8.00. The van der Waals surface area contributed by atoms with Crippen molar-refractivity contribution in [2.45, 2.75) is 84.3 Å². The molecule has 0 spiro atoms. The number of aliphatic hydroxyl groups excluding tert-OH is 1. The number of aliphatic hydroxyl groups is 1. The molecule has 1 aliphatic rings. The molecule has 0 aromatic heterocycles. The van der Waals surface area contributed by atoms with Crippen LogP contribution in [-0.2, 0) is 0 Å². The summed E-state index contributed by atoms with van der Waals surface area (Å²) in [6.07, 6.45) is 7.98. The highest BCUT2D eigenvalue weighted by Gasteiger charge is 2.40. The molecule has 1 saturated heterocycles. The minimum atomic E-state index is -0.149. The van der Waals surface area contributed by atoms with E-state index in [2.05, 4.69) is 32.6 Å². The van der Waals surface area contributed by atoms with E-state index in [1.807, 2.05) is 0 Å². The zero-order valence-electron chi connectivity index (χ0n) is 12.9. The summed E-state index contributed by atoms with van der Waals surface area (Å²) in [5.74, 6) is 0.752. The van der Waals surface area contributed by atoms with Gasteiger partial charge in [0.2, 0.25) is 0 Å². The lowest BCUT2D eigenvalue weighted by Gasteiger charge is -2.44. The Morgan fingerprint density at radius 2 is 1.61 bits per heavy atom. The van der Waals surface area contributed by atoms with Crippen molar-refractivity contribution in [1.29, 1.82) is 0 Å². The zero-order chi connectivity index (χ0) is 13.6. The van der Waals surface area contributed by atoms with Crippen molar-refractivity contribution in [3.05, 3.63) is 0 Å². The van der Waals surface area contributed by atoms with Gasteiger partial charge in [-0.3, -0.25) is 4.90 Å². The first kappa shape index (κ1) is 16.0. The average Bonchev–Trinajstić information content (AvgIpc) is 2.85. The lowest BCUT2D eigenvalue weighted by atomic mass is 9.82. The minimum Gasteiger partial charge on any atom is -0.391 e. The van der Waals surface area contributed by atoms with Crippen molar-refractivity contribution < 1.29 is 5.11 Å². The SMILES string of the molecule is CCC(CC)(C(O)CCCC(C)C)N1CCCC1. The van der Waals surface area contributed by atoms with Crippen molar-refractivity contribution in [2.75, 3.05) is 13.1 Å². The second kappa shape index (κ2) is 7.49. The molecule has 1 aliphatic heterocycles. The van der Waals surface area contributed by atoms with E-state index in [0.29, 0.717) is 0 Å². The smallest absolute Gasteiger partial charge is 0.0723 e. The Kier molecular flexibility index (Phi) is 6.65. The van der Waals surface area contributed by atoms with Gasteiger partial charge in [-0.25, -0.2) is 0 Å². The van der Waals surface area contributed by atoms with Gasteiger partial charge in [-0.2, -0.15) is 0 Å². The van der Waals surface area contributed by atoms with E-state index in [1.54, 1.807) is 0 Å². The molecule has 1 atom stereocenters. The summed E-state index contributed by atoms with van der Waals surface area (Å²) in [5, 5.41) is 10.7. The van der Waals surface area contributed by atoms with Crippen LogP contribution in [0.1, 0.15) is 72.6 Å².